The van der Waals surface area contributed by atoms with Gasteiger partial charge in [0.25, 0.3) is 5.91 Å². The summed E-state index contributed by atoms with van der Waals surface area (Å²) in [5, 5.41) is 1.85. The van der Waals surface area contributed by atoms with Crippen molar-refractivity contribution in [2.75, 3.05) is 46.1 Å². The number of hydrogen-bond acceptors (Lipinski definition) is 7. The lowest BCUT2D eigenvalue weighted by Crippen LogP contribution is -2.55. The number of nitrogens with zero attached hydrogens (tertiary/aromatic N) is 4. The lowest BCUT2D eigenvalue weighted by atomic mass is 10.0. The summed E-state index contributed by atoms with van der Waals surface area (Å²) < 4.78 is 10.9. The summed E-state index contributed by atoms with van der Waals surface area (Å²) in [5.41, 5.74) is 3.58. The quantitative estimate of drug-likeness (QED) is 0.765. The first kappa shape index (κ1) is 18.8. The van der Waals surface area contributed by atoms with E-state index >= 15 is 0 Å². The number of benzene rings is 1. The third-order valence-corrected chi connectivity index (χ3v) is 6.69. The first-order valence-corrected chi connectivity index (χ1v) is 11.2. The number of fused-ring (bicyclic) bond motifs is 1. The lowest BCUT2D eigenvalue weighted by Gasteiger charge is -2.43. The van der Waals surface area contributed by atoms with Crippen molar-refractivity contribution in [1.82, 2.24) is 19.7 Å². The standard InChI is InChI=1S/C21H26N4O3S/c26-21(18-13-29-14-22-18)25-5-1-2-17(12-25)24-8-6-23(7-9-24)11-16-3-4-19-20(10-16)28-15-27-19/h3-4,10,13-14,17H,1-2,5-9,11-12,15H2/t17-/m1/s1. The summed E-state index contributed by atoms with van der Waals surface area (Å²) in [5.74, 6) is 1.78. The highest BCUT2D eigenvalue weighted by atomic mass is 32.1. The number of likely N-dealkylation sites (tertiary alicyclic amines) is 1. The number of piperazine rings is 1. The Morgan fingerprint density at radius 1 is 1.14 bits per heavy atom. The molecule has 1 atom stereocenters. The summed E-state index contributed by atoms with van der Waals surface area (Å²) >= 11 is 1.48. The van der Waals surface area contributed by atoms with Crippen LogP contribution in [0.5, 0.6) is 11.5 Å². The lowest BCUT2D eigenvalue weighted by molar-refractivity contribution is 0.0404. The average molecular weight is 415 g/mol. The Kier molecular flexibility index (Phi) is 5.39. The van der Waals surface area contributed by atoms with Crippen LogP contribution in [-0.4, -0.2) is 77.7 Å². The molecule has 1 aromatic carbocycles. The van der Waals surface area contributed by atoms with Crippen LogP contribution in [0.4, 0.5) is 0 Å². The molecule has 8 heteroatoms. The molecule has 0 saturated carbocycles. The molecule has 3 aliphatic heterocycles. The second-order valence-electron chi connectivity index (χ2n) is 7.92. The van der Waals surface area contributed by atoms with Crippen molar-refractivity contribution in [3.8, 4) is 11.5 Å². The Hall–Kier alpha value is -2.16. The zero-order valence-corrected chi connectivity index (χ0v) is 17.3. The average Bonchev–Trinajstić information content (AvgIpc) is 3.46. The molecule has 5 rings (SSSR count). The van der Waals surface area contributed by atoms with Gasteiger partial charge in [-0.05, 0) is 30.5 Å². The van der Waals surface area contributed by atoms with E-state index in [1.807, 2.05) is 16.3 Å². The normalized spacial score (nSPS) is 22.8. The maximum absolute atomic E-state index is 12.6. The first-order chi connectivity index (χ1) is 14.3. The van der Waals surface area contributed by atoms with E-state index in [9.17, 15) is 4.79 Å². The fourth-order valence-corrected chi connectivity index (χ4v) is 5.03. The van der Waals surface area contributed by atoms with Gasteiger partial charge in [0, 0.05) is 57.2 Å². The van der Waals surface area contributed by atoms with Gasteiger partial charge in [0.1, 0.15) is 5.69 Å². The van der Waals surface area contributed by atoms with Crippen molar-refractivity contribution in [2.24, 2.45) is 0 Å². The number of hydrogen-bond donors (Lipinski definition) is 0. The molecule has 3 aliphatic rings. The molecule has 1 amide bonds. The number of piperidine rings is 1. The molecule has 0 spiro atoms. The zero-order chi connectivity index (χ0) is 19.6. The third kappa shape index (κ3) is 4.10. The van der Waals surface area contributed by atoms with Crippen molar-refractivity contribution in [3.05, 3.63) is 40.3 Å². The minimum atomic E-state index is 0.0809. The Bertz CT molecular complexity index is 852. The van der Waals surface area contributed by atoms with E-state index in [1.165, 1.54) is 23.3 Å². The molecule has 1 aromatic heterocycles. The molecule has 0 bridgehead atoms. The Morgan fingerprint density at radius 2 is 2.00 bits per heavy atom. The fraction of sp³-hybridized carbons (Fsp3) is 0.524. The number of aromatic nitrogens is 1. The minimum absolute atomic E-state index is 0.0809. The molecule has 0 aliphatic carbocycles. The van der Waals surface area contributed by atoms with E-state index in [-0.39, 0.29) is 5.91 Å². The van der Waals surface area contributed by atoms with Crippen LogP contribution in [0.1, 0.15) is 28.9 Å². The van der Waals surface area contributed by atoms with Crippen molar-refractivity contribution in [1.29, 1.82) is 0 Å². The molecule has 2 fully saturated rings. The van der Waals surface area contributed by atoms with E-state index in [4.69, 9.17) is 9.47 Å². The molecule has 2 aromatic rings. The molecule has 4 heterocycles. The first-order valence-electron chi connectivity index (χ1n) is 10.3. The van der Waals surface area contributed by atoms with Gasteiger partial charge in [0.05, 0.1) is 5.51 Å². The fourth-order valence-electron chi connectivity index (χ4n) is 4.50. The Labute approximate surface area is 174 Å². The van der Waals surface area contributed by atoms with Crippen LogP contribution in [0.25, 0.3) is 0 Å². The Balaban J connectivity index is 1.14. The van der Waals surface area contributed by atoms with Crippen LogP contribution in [0.3, 0.4) is 0 Å². The van der Waals surface area contributed by atoms with Crippen molar-refractivity contribution in [3.63, 3.8) is 0 Å². The molecule has 7 nitrogen and oxygen atoms in total. The van der Waals surface area contributed by atoms with Gasteiger partial charge in [-0.25, -0.2) is 4.98 Å². The van der Waals surface area contributed by atoms with Gasteiger partial charge in [0.2, 0.25) is 6.79 Å². The van der Waals surface area contributed by atoms with Crippen molar-refractivity contribution >= 4 is 17.2 Å². The largest absolute Gasteiger partial charge is 0.454 e. The maximum atomic E-state index is 12.6. The second kappa shape index (κ2) is 8.30. The van der Waals surface area contributed by atoms with Crippen LogP contribution < -0.4 is 9.47 Å². The molecule has 154 valence electrons. The van der Waals surface area contributed by atoms with E-state index in [0.29, 0.717) is 18.5 Å². The highest BCUT2D eigenvalue weighted by molar-refractivity contribution is 7.07. The van der Waals surface area contributed by atoms with Crippen LogP contribution in [0, 0.1) is 0 Å². The molecular weight excluding hydrogens is 388 g/mol. The summed E-state index contributed by atoms with van der Waals surface area (Å²) in [4.78, 5) is 23.9. The van der Waals surface area contributed by atoms with Gasteiger partial charge in [-0.3, -0.25) is 14.6 Å². The number of rotatable bonds is 4. The number of carbonyl (C=O) groups is 1. The smallest absolute Gasteiger partial charge is 0.273 e. The molecule has 0 radical (unpaired) electrons. The van der Waals surface area contributed by atoms with Gasteiger partial charge >= 0.3 is 0 Å². The van der Waals surface area contributed by atoms with Crippen LogP contribution >= 0.6 is 11.3 Å². The maximum Gasteiger partial charge on any atom is 0.273 e. The van der Waals surface area contributed by atoms with E-state index < -0.39 is 0 Å². The second-order valence-corrected chi connectivity index (χ2v) is 8.64. The molecule has 29 heavy (non-hydrogen) atoms. The van der Waals surface area contributed by atoms with Gasteiger partial charge in [0.15, 0.2) is 11.5 Å². The predicted octanol–water partition coefficient (Wildman–Crippen LogP) is 2.29. The van der Waals surface area contributed by atoms with Gasteiger partial charge in [-0.2, -0.15) is 0 Å². The number of amides is 1. The zero-order valence-electron chi connectivity index (χ0n) is 16.5. The van der Waals surface area contributed by atoms with Crippen molar-refractivity contribution in [2.45, 2.75) is 25.4 Å². The monoisotopic (exact) mass is 414 g/mol. The highest BCUT2D eigenvalue weighted by Crippen LogP contribution is 2.33. The third-order valence-electron chi connectivity index (χ3n) is 6.10. The summed E-state index contributed by atoms with van der Waals surface area (Å²) in [7, 11) is 0. The summed E-state index contributed by atoms with van der Waals surface area (Å²) in [6, 6.07) is 6.68. The SMILES string of the molecule is O=C(c1cscn1)N1CCC[C@@H](N2CCN(Cc3ccc4c(c3)OCO4)CC2)C1. The minimum Gasteiger partial charge on any atom is -0.454 e. The Morgan fingerprint density at radius 3 is 2.83 bits per heavy atom. The predicted molar refractivity (Wildman–Crippen MR) is 110 cm³/mol. The van der Waals surface area contributed by atoms with Gasteiger partial charge in [-0.1, -0.05) is 6.07 Å². The van der Waals surface area contributed by atoms with E-state index in [1.54, 1.807) is 5.51 Å². The number of thiazole rings is 1. The van der Waals surface area contributed by atoms with Crippen LogP contribution in [0.15, 0.2) is 29.1 Å². The highest BCUT2D eigenvalue weighted by Gasteiger charge is 2.31. The van der Waals surface area contributed by atoms with Gasteiger partial charge in [-0.15, -0.1) is 11.3 Å². The molecule has 0 N–H and O–H groups in total. The molecule has 2 saturated heterocycles. The summed E-state index contributed by atoms with van der Waals surface area (Å²) in [6.07, 6.45) is 2.24. The topological polar surface area (TPSA) is 58.1 Å². The van der Waals surface area contributed by atoms with E-state index in [2.05, 4.69) is 26.9 Å². The summed E-state index contributed by atoms with van der Waals surface area (Å²) in [6.45, 7) is 7.11. The number of carbonyl (C=O) groups excluding carboxylic acids is 1. The van der Waals surface area contributed by atoms with Gasteiger partial charge < -0.3 is 14.4 Å². The van der Waals surface area contributed by atoms with Crippen LogP contribution in [0.2, 0.25) is 0 Å². The molecule has 0 unspecified atom stereocenters. The molecular formula is C21H26N4O3S. The van der Waals surface area contributed by atoms with E-state index in [0.717, 1.165) is 63.7 Å². The van der Waals surface area contributed by atoms with Crippen LogP contribution in [-0.2, 0) is 6.54 Å². The number of ether oxygens (including phenoxy) is 2. The van der Waals surface area contributed by atoms with Crippen molar-refractivity contribution < 1.29 is 14.3 Å².